The molecule has 0 radical (unpaired) electrons. The van der Waals surface area contributed by atoms with E-state index in [-0.39, 0.29) is 23.8 Å². The molecule has 1 atom stereocenters. The summed E-state index contributed by atoms with van der Waals surface area (Å²) in [5, 5.41) is 8.66. The Morgan fingerprint density at radius 2 is 2.06 bits per heavy atom. The van der Waals surface area contributed by atoms with Crippen LogP contribution >= 0.6 is 0 Å². The van der Waals surface area contributed by atoms with E-state index in [1.54, 1.807) is 0 Å². The van der Waals surface area contributed by atoms with Gasteiger partial charge in [0.1, 0.15) is 0 Å². The van der Waals surface area contributed by atoms with Crippen LogP contribution in [0.15, 0.2) is 0 Å². The Balaban J connectivity index is 2.46. The summed E-state index contributed by atoms with van der Waals surface area (Å²) in [5.41, 5.74) is -0.329. The number of hydrogen-bond donors (Lipinski definition) is 3. The van der Waals surface area contributed by atoms with Crippen LogP contribution in [0.4, 0.5) is 0 Å². The lowest BCUT2D eigenvalue weighted by molar-refractivity contribution is -0.134. The van der Waals surface area contributed by atoms with E-state index in [0.717, 1.165) is 25.8 Å². The van der Waals surface area contributed by atoms with Gasteiger partial charge in [-0.15, -0.1) is 0 Å². The highest BCUT2D eigenvalue weighted by Gasteiger charge is 2.37. The van der Waals surface area contributed by atoms with Crippen molar-refractivity contribution in [2.24, 2.45) is 5.41 Å². The molecule has 0 aromatic heterocycles. The monoisotopic (exact) mass is 241 g/mol. The zero-order chi connectivity index (χ0) is 12.7. The molecule has 3 N–H and O–H groups in total. The van der Waals surface area contributed by atoms with Crippen molar-refractivity contribution >= 4 is 11.8 Å². The van der Waals surface area contributed by atoms with Gasteiger partial charge in [-0.1, -0.05) is 6.92 Å². The van der Waals surface area contributed by atoms with Gasteiger partial charge in [0, 0.05) is 13.1 Å². The van der Waals surface area contributed by atoms with Crippen molar-refractivity contribution in [3.8, 4) is 0 Å². The third-order valence-corrected chi connectivity index (χ3v) is 3.41. The van der Waals surface area contributed by atoms with Crippen molar-refractivity contribution in [1.29, 1.82) is 0 Å². The maximum absolute atomic E-state index is 12.1. The van der Waals surface area contributed by atoms with Gasteiger partial charge in [-0.3, -0.25) is 9.59 Å². The Morgan fingerprint density at radius 1 is 1.29 bits per heavy atom. The van der Waals surface area contributed by atoms with Crippen LogP contribution in [0.3, 0.4) is 0 Å². The SMILES string of the molecule is CCNC(=O)CNC(=O)C1(CC)CCCNC1. The molecule has 0 aromatic carbocycles. The summed E-state index contributed by atoms with van der Waals surface area (Å²) in [6.45, 7) is 6.25. The number of hydrogen-bond acceptors (Lipinski definition) is 3. The standard InChI is InChI=1S/C12H23N3O2/c1-3-12(6-5-7-13-9-12)11(17)15-8-10(16)14-4-2/h13H,3-9H2,1-2H3,(H,14,16)(H,15,17). The molecule has 1 unspecified atom stereocenters. The number of likely N-dealkylation sites (N-methyl/N-ethyl adjacent to an activating group) is 1. The van der Waals surface area contributed by atoms with Crippen LogP contribution in [0.2, 0.25) is 0 Å². The molecule has 1 aliphatic rings. The van der Waals surface area contributed by atoms with E-state index in [2.05, 4.69) is 16.0 Å². The predicted molar refractivity (Wildman–Crippen MR) is 66.5 cm³/mol. The van der Waals surface area contributed by atoms with E-state index in [1.807, 2.05) is 13.8 Å². The van der Waals surface area contributed by atoms with Gasteiger partial charge in [0.2, 0.25) is 11.8 Å². The molecule has 17 heavy (non-hydrogen) atoms. The fourth-order valence-corrected chi connectivity index (χ4v) is 2.23. The summed E-state index contributed by atoms with van der Waals surface area (Å²) in [7, 11) is 0. The zero-order valence-corrected chi connectivity index (χ0v) is 10.8. The minimum atomic E-state index is -0.329. The van der Waals surface area contributed by atoms with Crippen LogP contribution in [0.25, 0.3) is 0 Å². The van der Waals surface area contributed by atoms with Crippen LogP contribution < -0.4 is 16.0 Å². The number of carbonyl (C=O) groups excluding carboxylic acids is 2. The second-order valence-electron chi connectivity index (χ2n) is 4.55. The van der Waals surface area contributed by atoms with Gasteiger partial charge in [0.15, 0.2) is 0 Å². The smallest absolute Gasteiger partial charge is 0.239 e. The summed E-state index contributed by atoms with van der Waals surface area (Å²) in [6.07, 6.45) is 2.72. The van der Waals surface area contributed by atoms with Gasteiger partial charge in [0.05, 0.1) is 12.0 Å². The molecule has 1 heterocycles. The lowest BCUT2D eigenvalue weighted by Gasteiger charge is -2.35. The van der Waals surface area contributed by atoms with Crippen LogP contribution in [0.1, 0.15) is 33.1 Å². The molecule has 0 saturated carbocycles. The molecule has 0 bridgehead atoms. The van der Waals surface area contributed by atoms with Gasteiger partial charge >= 0.3 is 0 Å². The zero-order valence-electron chi connectivity index (χ0n) is 10.8. The molecule has 98 valence electrons. The van der Waals surface area contributed by atoms with E-state index in [0.29, 0.717) is 13.1 Å². The topological polar surface area (TPSA) is 70.2 Å². The van der Waals surface area contributed by atoms with Crippen molar-refractivity contribution in [3.05, 3.63) is 0 Å². The van der Waals surface area contributed by atoms with E-state index >= 15 is 0 Å². The van der Waals surface area contributed by atoms with Gasteiger partial charge in [-0.2, -0.15) is 0 Å². The minimum Gasteiger partial charge on any atom is -0.355 e. The maximum Gasteiger partial charge on any atom is 0.239 e. The molecule has 5 nitrogen and oxygen atoms in total. The van der Waals surface area contributed by atoms with Gasteiger partial charge in [-0.25, -0.2) is 0 Å². The number of carbonyl (C=O) groups is 2. The third-order valence-electron chi connectivity index (χ3n) is 3.41. The first-order valence-electron chi connectivity index (χ1n) is 6.40. The first-order chi connectivity index (χ1) is 8.14. The van der Waals surface area contributed by atoms with E-state index < -0.39 is 0 Å². The molecule has 0 spiro atoms. The normalized spacial score (nSPS) is 24.1. The van der Waals surface area contributed by atoms with Crippen molar-refractivity contribution in [1.82, 2.24) is 16.0 Å². The molecular weight excluding hydrogens is 218 g/mol. The van der Waals surface area contributed by atoms with E-state index in [9.17, 15) is 9.59 Å². The highest BCUT2D eigenvalue weighted by molar-refractivity contribution is 5.88. The summed E-state index contributed by atoms with van der Waals surface area (Å²) in [4.78, 5) is 23.4. The van der Waals surface area contributed by atoms with Crippen LogP contribution in [-0.4, -0.2) is 38.0 Å². The van der Waals surface area contributed by atoms with Crippen molar-refractivity contribution < 1.29 is 9.59 Å². The number of amides is 2. The Kier molecular flexibility index (Phi) is 5.41. The molecule has 1 saturated heterocycles. The highest BCUT2D eigenvalue weighted by atomic mass is 16.2. The molecule has 1 fully saturated rings. The second kappa shape index (κ2) is 6.59. The minimum absolute atomic E-state index is 0.00143. The first-order valence-corrected chi connectivity index (χ1v) is 6.40. The molecular formula is C12H23N3O2. The Bertz CT molecular complexity index is 273. The van der Waals surface area contributed by atoms with Crippen molar-refractivity contribution in [2.75, 3.05) is 26.2 Å². The molecule has 1 aliphatic heterocycles. The highest BCUT2D eigenvalue weighted by Crippen LogP contribution is 2.29. The van der Waals surface area contributed by atoms with E-state index in [4.69, 9.17) is 0 Å². The van der Waals surface area contributed by atoms with Gasteiger partial charge in [0.25, 0.3) is 0 Å². The van der Waals surface area contributed by atoms with Crippen molar-refractivity contribution in [3.63, 3.8) is 0 Å². The third kappa shape index (κ3) is 3.70. The number of nitrogens with one attached hydrogen (secondary N) is 3. The molecule has 2 amide bonds. The Hall–Kier alpha value is -1.10. The number of rotatable bonds is 5. The fraction of sp³-hybridized carbons (Fsp3) is 0.833. The molecule has 5 heteroatoms. The quantitative estimate of drug-likeness (QED) is 0.635. The predicted octanol–water partition coefficient (Wildman–Crippen LogP) is 0.0185. The lowest BCUT2D eigenvalue weighted by atomic mass is 9.77. The largest absolute Gasteiger partial charge is 0.355 e. The first kappa shape index (κ1) is 14.0. The maximum atomic E-state index is 12.1. The molecule has 0 aromatic rings. The van der Waals surface area contributed by atoms with Crippen molar-refractivity contribution in [2.45, 2.75) is 33.1 Å². The summed E-state index contributed by atoms with van der Waals surface area (Å²) in [5.74, 6) is -0.130. The average Bonchev–Trinajstić information content (AvgIpc) is 2.37. The fourth-order valence-electron chi connectivity index (χ4n) is 2.23. The van der Waals surface area contributed by atoms with Crippen LogP contribution in [0, 0.1) is 5.41 Å². The molecule has 0 aliphatic carbocycles. The van der Waals surface area contributed by atoms with Crippen LogP contribution in [0.5, 0.6) is 0 Å². The number of piperidine rings is 1. The summed E-state index contributed by atoms with van der Waals surface area (Å²) < 4.78 is 0. The van der Waals surface area contributed by atoms with Gasteiger partial charge < -0.3 is 16.0 Å². The molecule has 1 rings (SSSR count). The van der Waals surface area contributed by atoms with Gasteiger partial charge in [-0.05, 0) is 32.7 Å². The van der Waals surface area contributed by atoms with E-state index in [1.165, 1.54) is 0 Å². The Morgan fingerprint density at radius 3 is 2.59 bits per heavy atom. The summed E-state index contributed by atoms with van der Waals surface area (Å²) in [6, 6.07) is 0. The lowest BCUT2D eigenvalue weighted by Crippen LogP contribution is -2.51. The average molecular weight is 241 g/mol. The Labute approximate surface area is 103 Å². The van der Waals surface area contributed by atoms with Crippen LogP contribution in [-0.2, 0) is 9.59 Å². The summed E-state index contributed by atoms with van der Waals surface area (Å²) >= 11 is 0. The second-order valence-corrected chi connectivity index (χ2v) is 4.55.